The van der Waals surface area contributed by atoms with Crippen LogP contribution >= 0.6 is 11.3 Å². The second kappa shape index (κ2) is 6.07. The minimum absolute atomic E-state index is 0.855. The molecule has 2 nitrogen and oxygen atoms in total. The van der Waals surface area contributed by atoms with Gasteiger partial charge in [0, 0.05) is 20.2 Å². The second-order valence-electron chi connectivity index (χ2n) is 7.10. The summed E-state index contributed by atoms with van der Waals surface area (Å²) in [5.41, 5.74) is 6.27. The van der Waals surface area contributed by atoms with Crippen molar-refractivity contribution in [1.29, 1.82) is 0 Å². The van der Waals surface area contributed by atoms with Crippen LogP contribution in [-0.4, -0.2) is 4.98 Å². The van der Waals surface area contributed by atoms with E-state index in [0.717, 1.165) is 17.8 Å². The summed E-state index contributed by atoms with van der Waals surface area (Å²) in [6.07, 6.45) is 2.85. The lowest BCUT2D eigenvalue weighted by atomic mass is 9.99. The normalized spacial score (nSPS) is 11.6. The molecule has 0 spiro atoms. The van der Waals surface area contributed by atoms with Gasteiger partial charge in [-0.1, -0.05) is 30.3 Å². The molecule has 0 unspecified atom stereocenters. The molecule has 132 valence electrons. The molecule has 2 aromatic heterocycles. The SMILES string of the molecule is C=CCc1cc2sc3cccc(C)c3c2cc1-c1[nH]c2ccccc2[n+]1C. The number of aryl methyl sites for hydroxylation is 2. The van der Waals surface area contributed by atoms with Crippen LogP contribution in [0.4, 0.5) is 0 Å². The summed E-state index contributed by atoms with van der Waals surface area (Å²) in [5.74, 6) is 1.14. The molecule has 0 aliphatic heterocycles. The average Bonchev–Trinajstić information content (AvgIpc) is 3.20. The van der Waals surface area contributed by atoms with E-state index in [0.29, 0.717) is 0 Å². The molecule has 0 atom stereocenters. The van der Waals surface area contributed by atoms with Crippen molar-refractivity contribution in [1.82, 2.24) is 4.98 Å². The number of thiophene rings is 1. The van der Waals surface area contributed by atoms with E-state index in [1.54, 1.807) is 0 Å². The molecule has 5 rings (SSSR count). The van der Waals surface area contributed by atoms with Gasteiger partial charge < -0.3 is 0 Å². The zero-order valence-electron chi connectivity index (χ0n) is 15.5. The summed E-state index contributed by atoms with van der Waals surface area (Å²) in [6.45, 7) is 6.18. The molecular weight excluding hydrogens is 348 g/mol. The minimum atomic E-state index is 0.855. The number of fused-ring (bicyclic) bond motifs is 4. The Balaban J connectivity index is 1.88. The number of benzene rings is 3. The lowest BCUT2D eigenvalue weighted by Gasteiger charge is -2.06. The number of hydrogen-bond acceptors (Lipinski definition) is 1. The van der Waals surface area contributed by atoms with Gasteiger partial charge in [0.1, 0.15) is 0 Å². The van der Waals surface area contributed by atoms with E-state index >= 15 is 0 Å². The Kier molecular flexibility index (Phi) is 3.66. The first kappa shape index (κ1) is 16.3. The number of nitrogens with zero attached hydrogens (tertiary/aromatic N) is 1. The Bertz CT molecular complexity index is 1340. The summed E-state index contributed by atoms with van der Waals surface area (Å²) in [5, 5.41) is 2.72. The predicted octanol–water partition coefficient (Wildman–Crippen LogP) is 6.06. The number of H-pyrrole nitrogens is 1. The highest BCUT2D eigenvalue weighted by atomic mass is 32.1. The highest BCUT2D eigenvalue weighted by molar-refractivity contribution is 7.25. The van der Waals surface area contributed by atoms with Crippen LogP contribution in [-0.2, 0) is 13.5 Å². The second-order valence-corrected chi connectivity index (χ2v) is 8.18. The third-order valence-electron chi connectivity index (χ3n) is 5.40. The Morgan fingerprint density at radius 3 is 2.74 bits per heavy atom. The van der Waals surface area contributed by atoms with Crippen LogP contribution in [0.2, 0.25) is 0 Å². The Morgan fingerprint density at radius 2 is 1.93 bits per heavy atom. The molecule has 5 aromatic rings. The van der Waals surface area contributed by atoms with E-state index in [-0.39, 0.29) is 0 Å². The Morgan fingerprint density at radius 1 is 1.07 bits per heavy atom. The van der Waals surface area contributed by atoms with E-state index in [1.165, 1.54) is 42.4 Å². The molecule has 3 heteroatoms. The summed E-state index contributed by atoms with van der Waals surface area (Å²) in [7, 11) is 2.13. The molecular formula is C24H21N2S+. The molecule has 0 bridgehead atoms. The summed E-state index contributed by atoms with van der Waals surface area (Å²) in [6, 6.07) is 19.7. The predicted molar refractivity (Wildman–Crippen MR) is 116 cm³/mol. The highest BCUT2D eigenvalue weighted by Gasteiger charge is 2.21. The first-order valence-corrected chi connectivity index (χ1v) is 10.0. The molecule has 0 saturated heterocycles. The van der Waals surface area contributed by atoms with Gasteiger partial charge in [0.15, 0.2) is 11.0 Å². The van der Waals surface area contributed by atoms with Gasteiger partial charge in [-0.2, -0.15) is 0 Å². The zero-order chi connectivity index (χ0) is 18.5. The lowest BCUT2D eigenvalue weighted by Crippen LogP contribution is -2.29. The lowest BCUT2D eigenvalue weighted by molar-refractivity contribution is -0.633. The van der Waals surface area contributed by atoms with Crippen molar-refractivity contribution in [2.75, 3.05) is 0 Å². The van der Waals surface area contributed by atoms with Crippen molar-refractivity contribution in [2.45, 2.75) is 13.3 Å². The van der Waals surface area contributed by atoms with Gasteiger partial charge in [0.2, 0.25) is 0 Å². The van der Waals surface area contributed by atoms with Crippen LogP contribution in [0.15, 0.2) is 67.3 Å². The number of allylic oxidation sites excluding steroid dienone is 1. The molecule has 27 heavy (non-hydrogen) atoms. The number of nitrogens with one attached hydrogen (secondary N) is 1. The standard InChI is InChI=1S/C24H20N2S/c1-4-8-16-13-22-18(23-15(2)9-7-12-21(23)27-22)14-17(16)24-25-19-10-5-6-11-20(19)26(24)3/h4-7,9-14H,1,8H2,2-3H3/p+1. The number of imidazole rings is 1. The molecule has 0 aliphatic rings. The third-order valence-corrected chi connectivity index (χ3v) is 6.52. The monoisotopic (exact) mass is 369 g/mol. The van der Waals surface area contributed by atoms with Crippen LogP contribution < -0.4 is 4.57 Å². The molecule has 0 radical (unpaired) electrons. The van der Waals surface area contributed by atoms with E-state index in [2.05, 4.69) is 84.7 Å². The number of aromatic amines is 1. The van der Waals surface area contributed by atoms with E-state index in [9.17, 15) is 0 Å². The van der Waals surface area contributed by atoms with Crippen molar-refractivity contribution in [2.24, 2.45) is 7.05 Å². The first-order valence-electron chi connectivity index (χ1n) is 9.20. The Hall–Kier alpha value is -2.91. The smallest absolute Gasteiger partial charge is 0.236 e. The van der Waals surface area contributed by atoms with Gasteiger partial charge in [-0.3, -0.25) is 0 Å². The fraction of sp³-hybridized carbons (Fsp3) is 0.125. The van der Waals surface area contributed by atoms with Crippen LogP contribution in [0.25, 0.3) is 42.6 Å². The molecule has 0 fully saturated rings. The minimum Gasteiger partial charge on any atom is -0.236 e. The molecule has 2 heterocycles. The molecule has 1 N–H and O–H groups in total. The average molecular weight is 370 g/mol. The number of rotatable bonds is 3. The molecule has 3 aromatic carbocycles. The topological polar surface area (TPSA) is 19.7 Å². The van der Waals surface area contributed by atoms with Gasteiger partial charge in [0.25, 0.3) is 5.82 Å². The maximum Gasteiger partial charge on any atom is 0.287 e. The van der Waals surface area contributed by atoms with Crippen molar-refractivity contribution < 1.29 is 4.57 Å². The van der Waals surface area contributed by atoms with E-state index in [1.807, 2.05) is 17.4 Å². The van der Waals surface area contributed by atoms with Crippen molar-refractivity contribution in [3.8, 4) is 11.4 Å². The first-order chi connectivity index (χ1) is 13.2. The summed E-state index contributed by atoms with van der Waals surface area (Å²) >= 11 is 1.88. The fourth-order valence-electron chi connectivity index (χ4n) is 4.09. The van der Waals surface area contributed by atoms with Crippen molar-refractivity contribution >= 4 is 42.5 Å². The number of para-hydroxylation sites is 2. The molecule has 0 amide bonds. The van der Waals surface area contributed by atoms with Crippen LogP contribution in [0, 0.1) is 6.92 Å². The maximum absolute atomic E-state index is 3.98. The number of hydrogen-bond donors (Lipinski definition) is 1. The van der Waals surface area contributed by atoms with E-state index < -0.39 is 0 Å². The molecule has 0 aliphatic carbocycles. The van der Waals surface area contributed by atoms with Gasteiger partial charge in [-0.05, 0) is 54.8 Å². The van der Waals surface area contributed by atoms with Crippen LogP contribution in [0.5, 0.6) is 0 Å². The van der Waals surface area contributed by atoms with Crippen molar-refractivity contribution in [3.63, 3.8) is 0 Å². The molecule has 0 saturated carbocycles. The van der Waals surface area contributed by atoms with Gasteiger partial charge >= 0.3 is 0 Å². The van der Waals surface area contributed by atoms with Crippen LogP contribution in [0.1, 0.15) is 11.1 Å². The third kappa shape index (κ3) is 2.42. The number of aromatic nitrogens is 2. The van der Waals surface area contributed by atoms with Crippen LogP contribution in [0.3, 0.4) is 0 Å². The van der Waals surface area contributed by atoms with Gasteiger partial charge in [0.05, 0.1) is 12.6 Å². The van der Waals surface area contributed by atoms with Crippen molar-refractivity contribution in [3.05, 3.63) is 78.4 Å². The highest BCUT2D eigenvalue weighted by Crippen LogP contribution is 2.39. The quantitative estimate of drug-likeness (QED) is 0.294. The largest absolute Gasteiger partial charge is 0.287 e. The van der Waals surface area contributed by atoms with E-state index in [4.69, 9.17) is 0 Å². The maximum atomic E-state index is 3.98. The van der Waals surface area contributed by atoms with Gasteiger partial charge in [-0.15, -0.1) is 17.9 Å². The van der Waals surface area contributed by atoms with Gasteiger partial charge in [-0.25, -0.2) is 9.55 Å². The zero-order valence-corrected chi connectivity index (χ0v) is 16.4. The summed E-state index contributed by atoms with van der Waals surface area (Å²) < 4.78 is 4.95. The fourth-order valence-corrected chi connectivity index (χ4v) is 5.32. The Labute approximate surface area is 162 Å². The summed E-state index contributed by atoms with van der Waals surface area (Å²) in [4.78, 5) is 3.63.